The van der Waals surface area contributed by atoms with Crippen molar-refractivity contribution in [1.29, 1.82) is 0 Å². The number of hydrogen-bond acceptors (Lipinski definition) is 3. The summed E-state index contributed by atoms with van der Waals surface area (Å²) in [7, 11) is 1.46. The second-order valence-electron chi connectivity index (χ2n) is 3.96. The third-order valence-corrected chi connectivity index (χ3v) is 2.43. The Morgan fingerprint density at radius 3 is 2.44 bits per heavy atom. The van der Waals surface area contributed by atoms with Crippen LogP contribution >= 0.6 is 0 Å². The molecule has 1 rings (SSSR count). The molecule has 2 atom stereocenters. The van der Waals surface area contributed by atoms with Gasteiger partial charge in [0, 0.05) is 18.6 Å². The molecular formula is C12H15F3O3. The maximum absolute atomic E-state index is 12.2. The molecule has 0 bridgehead atoms. The highest BCUT2D eigenvalue weighted by Crippen LogP contribution is 2.33. The van der Waals surface area contributed by atoms with E-state index in [1.165, 1.54) is 25.3 Å². The molecule has 0 saturated heterocycles. The highest BCUT2D eigenvalue weighted by atomic mass is 19.4. The van der Waals surface area contributed by atoms with E-state index in [1.54, 1.807) is 13.0 Å². The molecule has 1 N–H and O–H groups in total. The Hall–Kier alpha value is -1.27. The van der Waals surface area contributed by atoms with Crippen molar-refractivity contribution < 1.29 is 27.8 Å². The summed E-state index contributed by atoms with van der Waals surface area (Å²) in [4.78, 5) is 0. The van der Waals surface area contributed by atoms with Crippen LogP contribution in [0.1, 0.15) is 18.6 Å². The van der Waals surface area contributed by atoms with Gasteiger partial charge in [-0.3, -0.25) is 0 Å². The number of hydrogen-bond donors (Lipinski definition) is 1. The van der Waals surface area contributed by atoms with Gasteiger partial charge in [0.2, 0.25) is 0 Å². The van der Waals surface area contributed by atoms with Crippen molar-refractivity contribution in [2.75, 3.05) is 13.7 Å². The largest absolute Gasteiger partial charge is 0.573 e. The summed E-state index contributed by atoms with van der Waals surface area (Å²) in [6, 6.07) is 5.53. The number of benzene rings is 1. The molecule has 1 aromatic carbocycles. The van der Waals surface area contributed by atoms with Crippen LogP contribution in [0.3, 0.4) is 0 Å². The fourth-order valence-electron chi connectivity index (χ4n) is 1.60. The van der Waals surface area contributed by atoms with Crippen LogP contribution in [0.2, 0.25) is 0 Å². The van der Waals surface area contributed by atoms with Crippen LogP contribution < -0.4 is 4.74 Å². The highest BCUT2D eigenvalue weighted by Gasteiger charge is 2.33. The van der Waals surface area contributed by atoms with Gasteiger partial charge in [0.25, 0.3) is 0 Å². The van der Waals surface area contributed by atoms with Gasteiger partial charge in [-0.15, -0.1) is 13.2 Å². The molecule has 0 aliphatic rings. The quantitative estimate of drug-likeness (QED) is 0.888. The van der Waals surface area contributed by atoms with Crippen molar-refractivity contribution in [3.05, 3.63) is 29.8 Å². The SMILES string of the molecule is COCC(C)C(O)c1ccccc1OC(F)(F)F. The fourth-order valence-corrected chi connectivity index (χ4v) is 1.60. The zero-order valence-electron chi connectivity index (χ0n) is 10.1. The van der Waals surface area contributed by atoms with Crippen LogP contribution in [0, 0.1) is 5.92 Å². The molecule has 0 aliphatic heterocycles. The number of aliphatic hydroxyl groups is 1. The average molecular weight is 264 g/mol. The normalized spacial score (nSPS) is 15.2. The van der Waals surface area contributed by atoms with E-state index in [4.69, 9.17) is 4.74 Å². The van der Waals surface area contributed by atoms with Crippen LogP contribution in [0.15, 0.2) is 24.3 Å². The monoisotopic (exact) mass is 264 g/mol. The number of methoxy groups -OCH3 is 1. The Morgan fingerprint density at radius 1 is 1.28 bits per heavy atom. The number of para-hydroxylation sites is 1. The van der Waals surface area contributed by atoms with Gasteiger partial charge in [-0.1, -0.05) is 25.1 Å². The maximum Gasteiger partial charge on any atom is 0.573 e. The molecule has 1 aromatic rings. The van der Waals surface area contributed by atoms with E-state index in [0.717, 1.165) is 0 Å². The Bertz CT molecular complexity index is 379. The predicted octanol–water partition coefficient (Wildman–Crippen LogP) is 2.90. The molecule has 102 valence electrons. The van der Waals surface area contributed by atoms with Crippen LogP contribution in [0.5, 0.6) is 5.75 Å². The summed E-state index contributed by atoms with van der Waals surface area (Å²) in [6.45, 7) is 1.92. The minimum absolute atomic E-state index is 0.0966. The zero-order chi connectivity index (χ0) is 13.8. The third kappa shape index (κ3) is 4.19. The number of aliphatic hydroxyl groups excluding tert-OH is 1. The first-order valence-corrected chi connectivity index (χ1v) is 5.37. The van der Waals surface area contributed by atoms with E-state index < -0.39 is 12.5 Å². The maximum atomic E-state index is 12.2. The minimum Gasteiger partial charge on any atom is -0.405 e. The highest BCUT2D eigenvalue weighted by molar-refractivity contribution is 5.35. The smallest absolute Gasteiger partial charge is 0.405 e. The molecule has 0 radical (unpaired) electrons. The number of alkyl halides is 3. The summed E-state index contributed by atoms with van der Waals surface area (Å²) in [6.07, 6.45) is -5.86. The van der Waals surface area contributed by atoms with Crippen molar-refractivity contribution in [2.24, 2.45) is 5.92 Å². The second kappa shape index (κ2) is 6.06. The molecule has 18 heavy (non-hydrogen) atoms. The van der Waals surface area contributed by atoms with E-state index in [2.05, 4.69) is 4.74 Å². The van der Waals surface area contributed by atoms with E-state index in [-0.39, 0.29) is 23.8 Å². The second-order valence-corrected chi connectivity index (χ2v) is 3.96. The summed E-state index contributed by atoms with van der Waals surface area (Å²) in [5, 5.41) is 9.97. The first kappa shape index (κ1) is 14.8. The molecule has 0 heterocycles. The summed E-state index contributed by atoms with van der Waals surface area (Å²) in [5.41, 5.74) is 0.0966. The molecule has 0 spiro atoms. The molecule has 0 fully saturated rings. The van der Waals surface area contributed by atoms with Gasteiger partial charge < -0.3 is 14.6 Å². The van der Waals surface area contributed by atoms with E-state index in [0.29, 0.717) is 0 Å². The summed E-state index contributed by atoms with van der Waals surface area (Å²) in [5.74, 6) is -0.728. The van der Waals surface area contributed by atoms with Crippen LogP contribution in [0.25, 0.3) is 0 Å². The van der Waals surface area contributed by atoms with Gasteiger partial charge in [0.05, 0.1) is 12.7 Å². The van der Waals surface area contributed by atoms with E-state index in [1.807, 2.05) is 0 Å². The Kier molecular flexibility index (Phi) is 4.98. The van der Waals surface area contributed by atoms with Crippen molar-refractivity contribution >= 4 is 0 Å². The van der Waals surface area contributed by atoms with Crippen molar-refractivity contribution in [3.63, 3.8) is 0 Å². The lowest BCUT2D eigenvalue weighted by Crippen LogP contribution is -2.20. The van der Waals surface area contributed by atoms with E-state index >= 15 is 0 Å². The third-order valence-electron chi connectivity index (χ3n) is 2.43. The zero-order valence-corrected chi connectivity index (χ0v) is 10.1. The lowest BCUT2D eigenvalue weighted by Gasteiger charge is -2.21. The Morgan fingerprint density at radius 2 is 1.89 bits per heavy atom. The van der Waals surface area contributed by atoms with Crippen LogP contribution in [0.4, 0.5) is 13.2 Å². The molecular weight excluding hydrogens is 249 g/mol. The van der Waals surface area contributed by atoms with E-state index in [9.17, 15) is 18.3 Å². The van der Waals surface area contributed by atoms with Crippen LogP contribution in [-0.4, -0.2) is 25.2 Å². The Balaban J connectivity index is 2.94. The number of rotatable bonds is 5. The molecule has 6 heteroatoms. The van der Waals surface area contributed by atoms with Gasteiger partial charge in [0.15, 0.2) is 0 Å². The molecule has 0 saturated carbocycles. The lowest BCUT2D eigenvalue weighted by atomic mass is 9.97. The first-order chi connectivity index (χ1) is 8.35. The molecule has 3 nitrogen and oxygen atoms in total. The number of ether oxygens (including phenoxy) is 2. The molecule has 0 amide bonds. The van der Waals surface area contributed by atoms with Gasteiger partial charge >= 0.3 is 6.36 Å². The van der Waals surface area contributed by atoms with Crippen molar-refractivity contribution in [2.45, 2.75) is 19.4 Å². The lowest BCUT2D eigenvalue weighted by molar-refractivity contribution is -0.275. The fraction of sp³-hybridized carbons (Fsp3) is 0.500. The molecule has 0 aromatic heterocycles. The Labute approximate surface area is 103 Å². The van der Waals surface area contributed by atoms with Gasteiger partial charge in [0.1, 0.15) is 5.75 Å². The van der Waals surface area contributed by atoms with Gasteiger partial charge in [-0.05, 0) is 6.07 Å². The predicted molar refractivity (Wildman–Crippen MR) is 59.1 cm³/mol. The standard InChI is InChI=1S/C12H15F3O3/c1-8(7-17-2)11(16)9-5-3-4-6-10(9)18-12(13,14)15/h3-6,8,11,16H,7H2,1-2H3. The summed E-state index contributed by atoms with van der Waals surface area (Å²) < 4.78 is 45.4. The van der Waals surface area contributed by atoms with Crippen molar-refractivity contribution in [3.8, 4) is 5.75 Å². The molecule has 0 aliphatic carbocycles. The minimum atomic E-state index is -4.78. The van der Waals surface area contributed by atoms with Gasteiger partial charge in [-0.2, -0.15) is 0 Å². The van der Waals surface area contributed by atoms with Crippen molar-refractivity contribution in [1.82, 2.24) is 0 Å². The topological polar surface area (TPSA) is 38.7 Å². The molecule has 2 unspecified atom stereocenters. The van der Waals surface area contributed by atoms with Crippen LogP contribution in [-0.2, 0) is 4.74 Å². The first-order valence-electron chi connectivity index (χ1n) is 5.37. The average Bonchev–Trinajstić information content (AvgIpc) is 2.27. The number of halogens is 3. The summed E-state index contributed by atoms with van der Waals surface area (Å²) >= 11 is 0. The van der Waals surface area contributed by atoms with Gasteiger partial charge in [-0.25, -0.2) is 0 Å².